The van der Waals surface area contributed by atoms with Gasteiger partial charge in [0, 0.05) is 42.0 Å². The molecule has 1 unspecified atom stereocenters. The van der Waals surface area contributed by atoms with Crippen molar-refractivity contribution in [3.8, 4) is 0 Å². The molecule has 0 amide bonds. The monoisotopic (exact) mass is 703 g/mol. The van der Waals surface area contributed by atoms with Gasteiger partial charge in [0.2, 0.25) is 0 Å². The van der Waals surface area contributed by atoms with Gasteiger partial charge in [-0.3, -0.25) is 0 Å². The lowest BCUT2D eigenvalue weighted by atomic mass is 9.73. The molecule has 1 aliphatic rings. The van der Waals surface area contributed by atoms with Gasteiger partial charge in [-0.2, -0.15) is 0 Å². The standard InChI is InChI=1S/C35H24Cl7N/c1-18-12-20(36)15-24(38)31(18)32(33-25(39)16-21(37)17-26(33)40)19-13-27(41)34(28(42)14-19)43-29-10-6-4-8-22(29)35(2,3)23-9-5-7-11-30(23)43/h4-17,32H,1-3H3. The summed E-state index contributed by atoms with van der Waals surface area (Å²) in [6.45, 7) is 6.41. The van der Waals surface area contributed by atoms with Crippen LogP contribution in [0.1, 0.15) is 53.1 Å². The van der Waals surface area contributed by atoms with Crippen LogP contribution in [0.25, 0.3) is 0 Å². The van der Waals surface area contributed by atoms with Crippen LogP contribution < -0.4 is 4.90 Å². The predicted octanol–water partition coefficient (Wildman–Crippen LogP) is 13.9. The van der Waals surface area contributed by atoms with Crippen LogP contribution >= 0.6 is 81.2 Å². The maximum Gasteiger partial charge on any atom is 0.0835 e. The van der Waals surface area contributed by atoms with Crippen molar-refractivity contribution in [3.63, 3.8) is 0 Å². The number of halogens is 7. The van der Waals surface area contributed by atoms with E-state index < -0.39 is 5.92 Å². The summed E-state index contributed by atoms with van der Waals surface area (Å²) in [5.74, 6) is -0.522. The van der Waals surface area contributed by atoms with E-state index in [1.165, 1.54) is 11.1 Å². The summed E-state index contributed by atoms with van der Waals surface area (Å²) in [7, 11) is 0. The molecule has 1 aliphatic heterocycles. The molecule has 0 bridgehead atoms. The first-order valence-electron chi connectivity index (χ1n) is 13.5. The van der Waals surface area contributed by atoms with E-state index in [1.54, 1.807) is 18.2 Å². The third kappa shape index (κ3) is 5.32. The first-order chi connectivity index (χ1) is 20.4. The minimum absolute atomic E-state index is 0.224. The summed E-state index contributed by atoms with van der Waals surface area (Å²) in [5, 5.41) is 3.12. The van der Waals surface area contributed by atoms with E-state index in [4.69, 9.17) is 81.2 Å². The number of anilines is 3. The number of fused-ring (bicyclic) bond motifs is 2. The zero-order chi connectivity index (χ0) is 30.8. The van der Waals surface area contributed by atoms with E-state index in [1.807, 2.05) is 37.3 Å². The average Bonchev–Trinajstić information content (AvgIpc) is 2.92. The quantitative estimate of drug-likeness (QED) is 0.168. The molecule has 1 heterocycles. The molecule has 5 aromatic rings. The summed E-state index contributed by atoms with van der Waals surface area (Å²) in [6, 6.07) is 27.4. The lowest BCUT2D eigenvalue weighted by Crippen LogP contribution is -2.30. The molecule has 0 aliphatic carbocycles. The highest BCUT2D eigenvalue weighted by atomic mass is 35.5. The van der Waals surface area contributed by atoms with Gasteiger partial charge < -0.3 is 4.90 Å². The van der Waals surface area contributed by atoms with Gasteiger partial charge in [0.25, 0.3) is 0 Å². The van der Waals surface area contributed by atoms with Gasteiger partial charge in [-0.25, -0.2) is 0 Å². The van der Waals surface area contributed by atoms with Gasteiger partial charge >= 0.3 is 0 Å². The number of nitrogens with zero attached hydrogens (tertiary/aromatic N) is 1. The van der Waals surface area contributed by atoms with Gasteiger partial charge in [0.05, 0.1) is 27.1 Å². The zero-order valence-corrected chi connectivity index (χ0v) is 28.5. The molecule has 1 nitrogen and oxygen atoms in total. The highest BCUT2D eigenvalue weighted by molar-refractivity contribution is 6.41. The molecule has 0 radical (unpaired) electrons. The Morgan fingerprint density at radius 1 is 0.558 bits per heavy atom. The van der Waals surface area contributed by atoms with E-state index >= 15 is 0 Å². The third-order valence-corrected chi connectivity index (χ3v) is 10.1. The van der Waals surface area contributed by atoms with Crippen LogP contribution in [0, 0.1) is 6.92 Å². The van der Waals surface area contributed by atoms with E-state index in [-0.39, 0.29) is 5.41 Å². The molecule has 1 atom stereocenters. The zero-order valence-electron chi connectivity index (χ0n) is 23.3. The Labute approximate surface area is 286 Å². The van der Waals surface area contributed by atoms with Crippen molar-refractivity contribution in [2.45, 2.75) is 32.1 Å². The lowest BCUT2D eigenvalue weighted by Gasteiger charge is -2.42. The number of para-hydroxylation sites is 2. The first kappa shape index (κ1) is 30.9. The Bertz CT molecular complexity index is 1740. The molecular formula is C35H24Cl7N. The van der Waals surface area contributed by atoms with Crippen molar-refractivity contribution in [2.75, 3.05) is 4.90 Å². The Kier molecular flexibility index (Phi) is 8.41. The summed E-state index contributed by atoms with van der Waals surface area (Å²) < 4.78 is 0. The van der Waals surface area contributed by atoms with E-state index in [2.05, 4.69) is 55.1 Å². The van der Waals surface area contributed by atoms with Crippen molar-refractivity contribution in [1.29, 1.82) is 0 Å². The Hall–Kier alpha value is -2.07. The number of hydrogen-bond acceptors (Lipinski definition) is 1. The molecule has 0 saturated heterocycles. The fraction of sp³-hybridized carbons (Fsp3) is 0.143. The van der Waals surface area contributed by atoms with Gasteiger partial charge in [0.1, 0.15) is 0 Å². The molecule has 43 heavy (non-hydrogen) atoms. The van der Waals surface area contributed by atoms with Crippen LogP contribution in [0.2, 0.25) is 35.2 Å². The summed E-state index contributed by atoms with van der Waals surface area (Å²) in [5.41, 5.74) is 7.87. The normalized spacial score (nSPS) is 14.3. The molecular weight excluding hydrogens is 683 g/mol. The van der Waals surface area contributed by atoms with E-state index in [0.29, 0.717) is 46.4 Å². The molecule has 218 valence electrons. The molecule has 6 rings (SSSR count). The summed E-state index contributed by atoms with van der Waals surface area (Å²) >= 11 is 47.6. The van der Waals surface area contributed by atoms with Crippen molar-refractivity contribution in [3.05, 3.63) is 153 Å². The summed E-state index contributed by atoms with van der Waals surface area (Å²) in [6.07, 6.45) is 0. The molecule has 0 fully saturated rings. The first-order valence-corrected chi connectivity index (χ1v) is 16.1. The fourth-order valence-electron chi connectivity index (χ4n) is 6.26. The van der Waals surface area contributed by atoms with Gasteiger partial charge in [0.15, 0.2) is 0 Å². The molecule has 0 saturated carbocycles. The fourth-order valence-corrected chi connectivity index (χ4v) is 8.67. The van der Waals surface area contributed by atoms with Crippen molar-refractivity contribution >= 4 is 98.3 Å². The van der Waals surface area contributed by atoms with Crippen molar-refractivity contribution in [2.24, 2.45) is 0 Å². The molecule has 0 N–H and O–H groups in total. The molecule has 0 spiro atoms. The van der Waals surface area contributed by atoms with Gasteiger partial charge in [-0.05, 0) is 83.3 Å². The second-order valence-electron chi connectivity index (χ2n) is 11.2. The number of rotatable bonds is 4. The van der Waals surface area contributed by atoms with E-state index in [9.17, 15) is 0 Å². The van der Waals surface area contributed by atoms with Gasteiger partial charge in [-0.1, -0.05) is 131 Å². The minimum atomic E-state index is -0.522. The van der Waals surface area contributed by atoms with Crippen LogP contribution in [0.15, 0.2) is 84.9 Å². The Morgan fingerprint density at radius 2 is 1.00 bits per heavy atom. The highest BCUT2D eigenvalue weighted by Crippen LogP contribution is 2.55. The molecule has 5 aromatic carbocycles. The van der Waals surface area contributed by atoms with E-state index in [0.717, 1.165) is 28.1 Å². The predicted molar refractivity (Wildman–Crippen MR) is 187 cm³/mol. The molecule has 0 aromatic heterocycles. The topological polar surface area (TPSA) is 3.24 Å². The average molecular weight is 707 g/mol. The smallest absolute Gasteiger partial charge is 0.0835 e. The SMILES string of the molecule is Cc1cc(Cl)cc(Cl)c1C(c1cc(Cl)c(N2c3ccccc3C(C)(C)c3ccccc32)c(Cl)c1)c1c(Cl)cc(Cl)cc1Cl. The number of hydrogen-bond donors (Lipinski definition) is 0. The van der Waals surface area contributed by atoms with Crippen LogP contribution in [0.4, 0.5) is 17.1 Å². The number of aryl methyl sites for hydroxylation is 1. The third-order valence-electron chi connectivity index (χ3n) is 8.16. The van der Waals surface area contributed by atoms with Crippen molar-refractivity contribution in [1.82, 2.24) is 0 Å². The highest BCUT2D eigenvalue weighted by Gasteiger charge is 2.38. The van der Waals surface area contributed by atoms with Crippen molar-refractivity contribution < 1.29 is 0 Å². The second-order valence-corrected chi connectivity index (χ2v) is 14.1. The van der Waals surface area contributed by atoms with Crippen LogP contribution in [0.3, 0.4) is 0 Å². The number of benzene rings is 5. The van der Waals surface area contributed by atoms with Gasteiger partial charge in [-0.15, -0.1) is 0 Å². The Morgan fingerprint density at radius 3 is 1.49 bits per heavy atom. The van der Waals surface area contributed by atoms with Crippen LogP contribution in [-0.4, -0.2) is 0 Å². The van der Waals surface area contributed by atoms with Crippen LogP contribution in [-0.2, 0) is 5.41 Å². The minimum Gasteiger partial charge on any atom is -0.307 e. The van der Waals surface area contributed by atoms with Crippen LogP contribution in [0.5, 0.6) is 0 Å². The Balaban J connectivity index is 1.61. The maximum absolute atomic E-state index is 7.23. The second kappa shape index (κ2) is 11.7. The lowest BCUT2D eigenvalue weighted by molar-refractivity contribution is 0.632. The molecule has 8 heteroatoms. The maximum atomic E-state index is 7.23. The largest absolute Gasteiger partial charge is 0.307 e. The summed E-state index contributed by atoms with van der Waals surface area (Å²) in [4.78, 5) is 2.14.